The molecule has 6 heteroatoms. The zero-order chi connectivity index (χ0) is 17.7. The van der Waals surface area contributed by atoms with Crippen molar-refractivity contribution in [2.45, 2.75) is 27.2 Å². The number of ether oxygens (including phenoxy) is 1. The minimum atomic E-state index is -0.278. The summed E-state index contributed by atoms with van der Waals surface area (Å²) in [4.78, 5) is 13.7. The molecule has 1 heterocycles. The minimum Gasteiger partial charge on any atom is -0.497 e. The molecule has 0 spiro atoms. The molecular formula is C18H23N3O2S. The standard InChI is InChI=1S/C18H23N3O2S/c1-5-11(2)12(3)20-21-18(22)17-15(19)10-16(24-17)13-6-8-14(23-4)9-7-13/h6-11H,5,19H2,1-4H3,(H,21,22)/b20-12-/t11-/m0/s1. The number of nitrogen functional groups attached to an aromatic ring is 1. The molecule has 0 unspecified atom stereocenters. The number of thiophene rings is 1. The summed E-state index contributed by atoms with van der Waals surface area (Å²) >= 11 is 1.35. The average Bonchev–Trinajstić information content (AvgIpc) is 3.00. The zero-order valence-corrected chi connectivity index (χ0v) is 15.2. The van der Waals surface area contributed by atoms with Gasteiger partial charge in [-0.2, -0.15) is 5.10 Å². The van der Waals surface area contributed by atoms with Crippen LogP contribution in [0.4, 0.5) is 5.69 Å². The van der Waals surface area contributed by atoms with Gasteiger partial charge in [-0.3, -0.25) is 4.79 Å². The highest BCUT2D eigenvalue weighted by atomic mass is 32.1. The molecule has 2 rings (SSSR count). The van der Waals surface area contributed by atoms with Crippen molar-refractivity contribution in [3.05, 3.63) is 35.2 Å². The first-order valence-corrected chi connectivity index (χ1v) is 8.66. The molecule has 0 aliphatic rings. The Kier molecular flexibility index (Phi) is 5.98. The van der Waals surface area contributed by atoms with E-state index >= 15 is 0 Å². The molecule has 0 saturated heterocycles. The predicted molar refractivity (Wildman–Crippen MR) is 101 cm³/mol. The van der Waals surface area contributed by atoms with E-state index in [1.165, 1.54) is 11.3 Å². The van der Waals surface area contributed by atoms with E-state index in [0.717, 1.165) is 28.3 Å². The van der Waals surface area contributed by atoms with Crippen molar-refractivity contribution in [3.63, 3.8) is 0 Å². The first-order chi connectivity index (χ1) is 11.5. The lowest BCUT2D eigenvalue weighted by atomic mass is 10.1. The summed E-state index contributed by atoms with van der Waals surface area (Å²) in [6, 6.07) is 9.45. The van der Waals surface area contributed by atoms with Gasteiger partial charge in [0.05, 0.1) is 12.8 Å². The van der Waals surface area contributed by atoms with Crippen LogP contribution in [0.2, 0.25) is 0 Å². The van der Waals surface area contributed by atoms with E-state index in [4.69, 9.17) is 10.5 Å². The predicted octanol–water partition coefficient (Wildman–Crippen LogP) is 4.16. The monoisotopic (exact) mass is 345 g/mol. The quantitative estimate of drug-likeness (QED) is 0.610. The summed E-state index contributed by atoms with van der Waals surface area (Å²) in [5.74, 6) is 0.844. The fraction of sp³-hybridized carbons (Fsp3) is 0.333. The number of hydrazone groups is 1. The molecule has 2 aromatic rings. The van der Waals surface area contributed by atoms with E-state index in [-0.39, 0.29) is 5.91 Å². The number of nitrogens with zero attached hydrogens (tertiary/aromatic N) is 1. The van der Waals surface area contributed by atoms with Crippen LogP contribution in [0.3, 0.4) is 0 Å². The largest absolute Gasteiger partial charge is 0.497 e. The van der Waals surface area contributed by atoms with E-state index in [2.05, 4.69) is 24.4 Å². The third kappa shape index (κ3) is 4.14. The Morgan fingerprint density at radius 2 is 2.04 bits per heavy atom. The lowest BCUT2D eigenvalue weighted by molar-refractivity contribution is 0.0959. The van der Waals surface area contributed by atoms with E-state index in [0.29, 0.717) is 16.5 Å². The van der Waals surface area contributed by atoms with Gasteiger partial charge in [0, 0.05) is 10.6 Å². The third-order valence-electron chi connectivity index (χ3n) is 4.00. The summed E-state index contributed by atoms with van der Waals surface area (Å²) in [6.07, 6.45) is 0.980. The maximum atomic E-state index is 12.3. The lowest BCUT2D eigenvalue weighted by Gasteiger charge is -2.07. The van der Waals surface area contributed by atoms with Gasteiger partial charge in [0.2, 0.25) is 0 Å². The molecule has 0 aliphatic heterocycles. The SMILES string of the molecule is CC[C@H](C)/C(C)=N\NC(=O)c1sc(-c2ccc(OC)cc2)cc1N. The van der Waals surface area contributed by atoms with Crippen LogP contribution in [0.1, 0.15) is 36.9 Å². The molecule has 1 amide bonds. The Morgan fingerprint density at radius 3 is 2.62 bits per heavy atom. The highest BCUT2D eigenvalue weighted by Crippen LogP contribution is 2.33. The maximum absolute atomic E-state index is 12.3. The van der Waals surface area contributed by atoms with Crippen molar-refractivity contribution in [2.24, 2.45) is 11.0 Å². The van der Waals surface area contributed by atoms with Crippen LogP contribution < -0.4 is 15.9 Å². The molecule has 0 radical (unpaired) electrons. The van der Waals surface area contributed by atoms with E-state index < -0.39 is 0 Å². The zero-order valence-electron chi connectivity index (χ0n) is 14.4. The Hall–Kier alpha value is -2.34. The Labute approximate surface area is 146 Å². The number of nitrogens with one attached hydrogen (secondary N) is 1. The first-order valence-electron chi connectivity index (χ1n) is 7.84. The number of benzene rings is 1. The number of rotatable bonds is 6. The summed E-state index contributed by atoms with van der Waals surface area (Å²) < 4.78 is 5.15. The molecule has 0 bridgehead atoms. The Bertz CT molecular complexity index is 735. The summed E-state index contributed by atoms with van der Waals surface area (Å²) in [5, 5.41) is 4.17. The van der Waals surface area contributed by atoms with E-state index in [1.54, 1.807) is 7.11 Å². The van der Waals surface area contributed by atoms with Crippen molar-refractivity contribution < 1.29 is 9.53 Å². The van der Waals surface area contributed by atoms with Crippen molar-refractivity contribution in [2.75, 3.05) is 12.8 Å². The molecule has 1 atom stereocenters. The van der Waals surface area contributed by atoms with Crippen LogP contribution in [0.5, 0.6) is 5.75 Å². The van der Waals surface area contributed by atoms with E-state index in [9.17, 15) is 4.79 Å². The number of amides is 1. The lowest BCUT2D eigenvalue weighted by Crippen LogP contribution is -2.20. The maximum Gasteiger partial charge on any atom is 0.283 e. The van der Waals surface area contributed by atoms with Crippen molar-refractivity contribution in [1.29, 1.82) is 0 Å². The molecule has 0 saturated carbocycles. The second-order valence-corrected chi connectivity index (χ2v) is 6.68. The normalized spacial score (nSPS) is 12.8. The third-order valence-corrected chi connectivity index (χ3v) is 5.20. The second-order valence-electron chi connectivity index (χ2n) is 5.63. The Morgan fingerprint density at radius 1 is 1.38 bits per heavy atom. The molecule has 1 aromatic carbocycles. The summed E-state index contributed by atoms with van der Waals surface area (Å²) in [6.45, 7) is 6.07. The molecule has 3 N–H and O–H groups in total. The molecule has 1 aromatic heterocycles. The fourth-order valence-electron chi connectivity index (χ4n) is 2.08. The number of methoxy groups -OCH3 is 1. The van der Waals surface area contributed by atoms with Crippen LogP contribution in [-0.2, 0) is 0 Å². The van der Waals surface area contributed by atoms with Gasteiger partial charge >= 0.3 is 0 Å². The number of nitrogens with two attached hydrogens (primary N) is 1. The van der Waals surface area contributed by atoms with Crippen molar-refractivity contribution >= 4 is 28.6 Å². The van der Waals surface area contributed by atoms with Crippen LogP contribution in [0.15, 0.2) is 35.4 Å². The second kappa shape index (κ2) is 7.97. The molecule has 0 aliphatic carbocycles. The number of carbonyl (C=O) groups is 1. The summed E-state index contributed by atoms with van der Waals surface area (Å²) in [5.41, 5.74) is 11.0. The molecule has 24 heavy (non-hydrogen) atoms. The van der Waals surface area contributed by atoms with Crippen molar-refractivity contribution in [3.8, 4) is 16.2 Å². The van der Waals surface area contributed by atoms with Gasteiger partial charge in [-0.25, -0.2) is 5.43 Å². The molecule has 5 nitrogen and oxygen atoms in total. The molecule has 0 fully saturated rings. The molecular weight excluding hydrogens is 322 g/mol. The van der Waals surface area contributed by atoms with Crippen LogP contribution in [0.25, 0.3) is 10.4 Å². The Balaban J connectivity index is 2.17. The number of hydrogen-bond acceptors (Lipinski definition) is 5. The topological polar surface area (TPSA) is 76.7 Å². The highest BCUT2D eigenvalue weighted by molar-refractivity contribution is 7.18. The minimum absolute atomic E-state index is 0.278. The number of carbonyl (C=O) groups excluding carboxylic acids is 1. The average molecular weight is 345 g/mol. The fourth-order valence-corrected chi connectivity index (χ4v) is 3.05. The van der Waals surface area contributed by atoms with Gasteiger partial charge in [-0.15, -0.1) is 11.3 Å². The van der Waals surface area contributed by atoms with Gasteiger partial charge in [0.1, 0.15) is 10.6 Å². The molecule has 128 valence electrons. The van der Waals surface area contributed by atoms with Crippen LogP contribution in [-0.4, -0.2) is 18.7 Å². The summed E-state index contributed by atoms with van der Waals surface area (Å²) in [7, 11) is 1.63. The van der Waals surface area contributed by atoms with Gasteiger partial charge in [-0.1, -0.05) is 13.8 Å². The number of hydrogen-bond donors (Lipinski definition) is 2. The van der Waals surface area contributed by atoms with E-state index in [1.807, 2.05) is 37.3 Å². The van der Waals surface area contributed by atoms with Gasteiger partial charge in [-0.05, 0) is 55.2 Å². The van der Waals surface area contributed by atoms with Gasteiger partial charge in [0.15, 0.2) is 0 Å². The first kappa shape index (κ1) is 18.0. The van der Waals surface area contributed by atoms with Crippen molar-refractivity contribution in [1.82, 2.24) is 5.43 Å². The van der Waals surface area contributed by atoms with Gasteiger partial charge in [0.25, 0.3) is 5.91 Å². The van der Waals surface area contributed by atoms with Crippen LogP contribution in [0, 0.1) is 5.92 Å². The van der Waals surface area contributed by atoms with Gasteiger partial charge < -0.3 is 10.5 Å². The highest BCUT2D eigenvalue weighted by Gasteiger charge is 2.15. The number of anilines is 1. The van der Waals surface area contributed by atoms with Crippen LogP contribution >= 0.6 is 11.3 Å². The smallest absolute Gasteiger partial charge is 0.283 e.